The van der Waals surface area contributed by atoms with Gasteiger partial charge in [-0.2, -0.15) is 0 Å². The molecule has 0 fully saturated rings. The van der Waals surface area contributed by atoms with Crippen LogP contribution in [-0.4, -0.2) is 12.6 Å². The van der Waals surface area contributed by atoms with E-state index in [1.165, 1.54) is 6.08 Å². The first-order chi connectivity index (χ1) is 7.26. The van der Waals surface area contributed by atoms with Gasteiger partial charge in [0.05, 0.1) is 6.61 Å². The van der Waals surface area contributed by atoms with Crippen LogP contribution in [0.1, 0.15) is 18.1 Å². The third kappa shape index (κ3) is 4.96. The summed E-state index contributed by atoms with van der Waals surface area (Å²) in [4.78, 5) is 11.0. The Balaban J connectivity index is 0.00000225. The third-order valence-electron chi connectivity index (χ3n) is 1.89. The van der Waals surface area contributed by atoms with Gasteiger partial charge in [0, 0.05) is 12.6 Å². The van der Waals surface area contributed by atoms with Crippen molar-refractivity contribution in [2.45, 2.75) is 13.5 Å². The zero-order valence-electron chi connectivity index (χ0n) is 9.18. The highest BCUT2D eigenvalue weighted by atomic mass is 35.5. The van der Waals surface area contributed by atoms with Crippen LogP contribution in [0, 0.1) is 0 Å². The molecule has 1 aromatic rings. The lowest BCUT2D eigenvalue weighted by Crippen LogP contribution is -1.99. The fourth-order valence-electron chi connectivity index (χ4n) is 1.18. The second kappa shape index (κ2) is 7.91. The van der Waals surface area contributed by atoms with Crippen LogP contribution >= 0.6 is 12.4 Å². The van der Waals surface area contributed by atoms with Gasteiger partial charge in [0.1, 0.15) is 0 Å². The Morgan fingerprint density at radius 2 is 2.25 bits per heavy atom. The van der Waals surface area contributed by atoms with Gasteiger partial charge in [-0.05, 0) is 24.1 Å². The van der Waals surface area contributed by atoms with E-state index < -0.39 is 0 Å². The Hall–Kier alpha value is -1.32. The van der Waals surface area contributed by atoms with Gasteiger partial charge in [-0.1, -0.05) is 24.3 Å². The summed E-state index contributed by atoms with van der Waals surface area (Å²) < 4.78 is 4.77. The molecule has 2 N–H and O–H groups in total. The Kier molecular flexibility index (Phi) is 7.25. The number of carbonyl (C=O) groups is 1. The highest BCUT2D eigenvalue weighted by Crippen LogP contribution is 2.06. The van der Waals surface area contributed by atoms with Crippen LogP contribution in [0.2, 0.25) is 0 Å². The summed E-state index contributed by atoms with van der Waals surface area (Å²) in [7, 11) is 0. The molecule has 0 aliphatic carbocycles. The van der Waals surface area contributed by atoms with Gasteiger partial charge in [0.2, 0.25) is 0 Å². The topological polar surface area (TPSA) is 52.3 Å². The summed E-state index contributed by atoms with van der Waals surface area (Å²) in [6.07, 6.45) is 3.14. The van der Waals surface area contributed by atoms with Crippen LogP contribution in [-0.2, 0) is 16.1 Å². The summed E-state index contributed by atoms with van der Waals surface area (Å²) in [5, 5.41) is 0. The lowest BCUT2D eigenvalue weighted by molar-refractivity contribution is -0.137. The normalized spacial score (nSPS) is 9.88. The minimum absolute atomic E-state index is 0. The Labute approximate surface area is 102 Å². The molecule has 0 radical (unpaired) electrons. The number of halogens is 1. The fraction of sp³-hybridized carbons (Fsp3) is 0.250. The highest BCUT2D eigenvalue weighted by molar-refractivity contribution is 5.87. The van der Waals surface area contributed by atoms with Crippen molar-refractivity contribution in [2.75, 3.05) is 6.61 Å². The standard InChI is InChI=1S/C12H15NO2.ClH/c1-2-15-12(14)7-6-10-4-3-5-11(8-10)9-13;/h3-8H,2,9,13H2,1H3;1H/b7-6+;. The largest absolute Gasteiger partial charge is 0.463 e. The van der Waals surface area contributed by atoms with Crippen molar-refractivity contribution < 1.29 is 9.53 Å². The van der Waals surface area contributed by atoms with E-state index >= 15 is 0 Å². The number of ether oxygens (including phenoxy) is 1. The van der Waals surface area contributed by atoms with Crippen molar-refractivity contribution >= 4 is 24.5 Å². The second-order valence-electron chi connectivity index (χ2n) is 3.03. The SMILES string of the molecule is CCOC(=O)/C=C/c1cccc(CN)c1.Cl. The average molecular weight is 242 g/mol. The lowest BCUT2D eigenvalue weighted by Gasteiger charge is -1.98. The maximum absolute atomic E-state index is 11.0. The molecule has 0 unspecified atom stereocenters. The van der Waals surface area contributed by atoms with Crippen molar-refractivity contribution in [3.8, 4) is 0 Å². The van der Waals surface area contributed by atoms with E-state index in [0.717, 1.165) is 11.1 Å². The second-order valence-corrected chi connectivity index (χ2v) is 3.03. The fourth-order valence-corrected chi connectivity index (χ4v) is 1.18. The first-order valence-corrected chi connectivity index (χ1v) is 4.90. The van der Waals surface area contributed by atoms with Crippen molar-refractivity contribution in [1.82, 2.24) is 0 Å². The predicted octanol–water partition coefficient (Wildman–Crippen LogP) is 2.14. The molecule has 4 heteroatoms. The van der Waals surface area contributed by atoms with Crippen LogP contribution in [0.15, 0.2) is 30.3 Å². The van der Waals surface area contributed by atoms with Crippen LogP contribution in [0.5, 0.6) is 0 Å². The molecular formula is C12H16ClNO2. The molecule has 0 saturated heterocycles. The smallest absolute Gasteiger partial charge is 0.330 e. The summed E-state index contributed by atoms with van der Waals surface area (Å²) in [5.74, 6) is -0.323. The first-order valence-electron chi connectivity index (χ1n) is 4.90. The molecule has 0 amide bonds. The van der Waals surface area contributed by atoms with E-state index in [0.29, 0.717) is 13.2 Å². The molecule has 16 heavy (non-hydrogen) atoms. The van der Waals surface area contributed by atoms with Crippen molar-refractivity contribution in [3.05, 3.63) is 41.5 Å². The van der Waals surface area contributed by atoms with Crippen molar-refractivity contribution in [3.63, 3.8) is 0 Å². The van der Waals surface area contributed by atoms with E-state index in [1.807, 2.05) is 24.3 Å². The number of hydrogen-bond donors (Lipinski definition) is 1. The van der Waals surface area contributed by atoms with Gasteiger partial charge in [0.25, 0.3) is 0 Å². The van der Waals surface area contributed by atoms with E-state index in [4.69, 9.17) is 10.5 Å². The summed E-state index contributed by atoms with van der Waals surface area (Å²) in [5.41, 5.74) is 7.50. The summed E-state index contributed by atoms with van der Waals surface area (Å²) in [6, 6.07) is 7.71. The highest BCUT2D eigenvalue weighted by Gasteiger charge is 1.94. The van der Waals surface area contributed by atoms with Crippen LogP contribution < -0.4 is 5.73 Å². The molecule has 0 heterocycles. The molecule has 0 saturated carbocycles. The van der Waals surface area contributed by atoms with E-state index in [2.05, 4.69) is 0 Å². The quantitative estimate of drug-likeness (QED) is 0.649. The average Bonchev–Trinajstić information content (AvgIpc) is 2.27. The zero-order valence-corrected chi connectivity index (χ0v) is 10.00. The van der Waals surface area contributed by atoms with Gasteiger partial charge in [-0.15, -0.1) is 12.4 Å². The number of hydrogen-bond acceptors (Lipinski definition) is 3. The van der Waals surface area contributed by atoms with Crippen LogP contribution in [0.4, 0.5) is 0 Å². The monoisotopic (exact) mass is 241 g/mol. The molecule has 0 atom stereocenters. The molecule has 0 aliphatic rings. The maximum Gasteiger partial charge on any atom is 0.330 e. The number of nitrogens with two attached hydrogens (primary N) is 1. The Morgan fingerprint density at radius 3 is 2.88 bits per heavy atom. The van der Waals surface area contributed by atoms with Gasteiger partial charge < -0.3 is 10.5 Å². The number of rotatable bonds is 4. The maximum atomic E-state index is 11.0. The summed E-state index contributed by atoms with van der Waals surface area (Å²) in [6.45, 7) is 2.67. The minimum Gasteiger partial charge on any atom is -0.463 e. The van der Waals surface area contributed by atoms with Crippen molar-refractivity contribution in [1.29, 1.82) is 0 Å². The van der Waals surface area contributed by atoms with Gasteiger partial charge in [0.15, 0.2) is 0 Å². The molecular weight excluding hydrogens is 226 g/mol. The van der Waals surface area contributed by atoms with E-state index in [9.17, 15) is 4.79 Å². The summed E-state index contributed by atoms with van der Waals surface area (Å²) >= 11 is 0. The van der Waals surface area contributed by atoms with Crippen LogP contribution in [0.25, 0.3) is 6.08 Å². The van der Waals surface area contributed by atoms with Gasteiger partial charge in [-0.25, -0.2) is 4.79 Å². The van der Waals surface area contributed by atoms with E-state index in [1.54, 1.807) is 13.0 Å². The van der Waals surface area contributed by atoms with E-state index in [-0.39, 0.29) is 18.4 Å². The first kappa shape index (κ1) is 14.7. The van der Waals surface area contributed by atoms with Gasteiger partial charge in [-0.3, -0.25) is 0 Å². The third-order valence-corrected chi connectivity index (χ3v) is 1.89. The number of esters is 1. The molecule has 1 aromatic carbocycles. The number of benzene rings is 1. The zero-order chi connectivity index (χ0) is 11.1. The van der Waals surface area contributed by atoms with Gasteiger partial charge >= 0.3 is 5.97 Å². The van der Waals surface area contributed by atoms with Crippen molar-refractivity contribution in [2.24, 2.45) is 5.73 Å². The molecule has 0 spiro atoms. The molecule has 1 rings (SSSR count). The minimum atomic E-state index is -0.323. The molecule has 0 aliphatic heterocycles. The molecule has 3 nitrogen and oxygen atoms in total. The predicted molar refractivity (Wildman–Crippen MR) is 67.2 cm³/mol. The molecule has 88 valence electrons. The van der Waals surface area contributed by atoms with Crippen LogP contribution in [0.3, 0.4) is 0 Å². The Morgan fingerprint density at radius 1 is 1.50 bits per heavy atom. The Bertz CT molecular complexity index is 364. The lowest BCUT2D eigenvalue weighted by atomic mass is 10.1. The number of carbonyl (C=O) groups excluding carboxylic acids is 1. The molecule has 0 bridgehead atoms. The molecule has 0 aromatic heterocycles.